The maximum absolute atomic E-state index is 5.83. The minimum atomic E-state index is 0.267. The lowest BCUT2D eigenvalue weighted by molar-refractivity contribution is 0.352. The molecule has 150 valence electrons. The van der Waals surface area contributed by atoms with Crippen molar-refractivity contribution >= 4 is 11.6 Å². The summed E-state index contributed by atoms with van der Waals surface area (Å²) in [5, 5.41) is 6.63. The molecule has 7 nitrogen and oxygen atoms in total. The molecule has 0 saturated heterocycles. The van der Waals surface area contributed by atoms with Crippen molar-refractivity contribution in [2.24, 2.45) is 0 Å². The van der Waals surface area contributed by atoms with Crippen LogP contribution in [0.15, 0.2) is 36.8 Å². The molecule has 29 heavy (non-hydrogen) atoms. The summed E-state index contributed by atoms with van der Waals surface area (Å²) in [6.07, 6.45) is 4.30. The van der Waals surface area contributed by atoms with Gasteiger partial charge < -0.3 is 15.4 Å². The van der Waals surface area contributed by atoms with E-state index in [4.69, 9.17) is 4.74 Å². The van der Waals surface area contributed by atoms with Crippen LogP contribution in [0, 0.1) is 6.92 Å². The number of aromatic nitrogens is 4. The van der Waals surface area contributed by atoms with Gasteiger partial charge in [0.05, 0.1) is 18.0 Å². The van der Waals surface area contributed by atoms with Gasteiger partial charge in [-0.05, 0) is 32.0 Å². The first-order valence-electron chi connectivity index (χ1n) is 10.0. The first-order chi connectivity index (χ1) is 14.1. The van der Waals surface area contributed by atoms with Gasteiger partial charge in [0.25, 0.3) is 0 Å². The summed E-state index contributed by atoms with van der Waals surface area (Å²) in [4.78, 5) is 17.8. The lowest BCUT2D eigenvalue weighted by Gasteiger charge is -2.17. The molecule has 0 aliphatic carbocycles. The van der Waals surface area contributed by atoms with Crippen molar-refractivity contribution in [2.75, 3.05) is 30.3 Å². The van der Waals surface area contributed by atoms with Gasteiger partial charge >= 0.3 is 0 Å². The Morgan fingerprint density at radius 1 is 1.10 bits per heavy atom. The van der Waals surface area contributed by atoms with Gasteiger partial charge in [0.1, 0.15) is 23.7 Å². The third kappa shape index (κ3) is 4.29. The van der Waals surface area contributed by atoms with E-state index in [1.165, 1.54) is 5.56 Å². The van der Waals surface area contributed by atoms with E-state index in [1.54, 1.807) is 6.33 Å². The van der Waals surface area contributed by atoms with Crippen LogP contribution in [0.2, 0.25) is 0 Å². The molecule has 7 heteroatoms. The van der Waals surface area contributed by atoms with Crippen molar-refractivity contribution in [2.45, 2.75) is 33.1 Å². The van der Waals surface area contributed by atoms with Crippen LogP contribution in [-0.2, 0) is 6.42 Å². The Kier molecular flexibility index (Phi) is 5.55. The number of rotatable bonds is 7. The summed E-state index contributed by atoms with van der Waals surface area (Å²) >= 11 is 0. The molecule has 2 N–H and O–H groups in total. The SMILES string of the molecule is CCNc1ccc(-c2cc(NCC(C)c3cc(C)nc4c3OCC4)ncn2)cn1. The van der Waals surface area contributed by atoms with E-state index < -0.39 is 0 Å². The molecule has 0 fully saturated rings. The molecule has 4 heterocycles. The number of fused-ring (bicyclic) bond motifs is 1. The highest BCUT2D eigenvalue weighted by Gasteiger charge is 2.22. The first-order valence-corrected chi connectivity index (χ1v) is 10.0. The Hall–Kier alpha value is -3.22. The molecule has 0 bridgehead atoms. The zero-order valence-corrected chi connectivity index (χ0v) is 17.1. The molecule has 4 rings (SSSR count). The largest absolute Gasteiger partial charge is 0.491 e. The van der Waals surface area contributed by atoms with E-state index in [0.29, 0.717) is 0 Å². The van der Waals surface area contributed by atoms with Gasteiger partial charge in [-0.25, -0.2) is 15.0 Å². The lowest BCUT2D eigenvalue weighted by atomic mass is 9.99. The van der Waals surface area contributed by atoms with Crippen LogP contribution in [0.4, 0.5) is 11.6 Å². The average Bonchev–Trinajstić information content (AvgIpc) is 3.21. The molecule has 0 amide bonds. The predicted molar refractivity (Wildman–Crippen MR) is 115 cm³/mol. The zero-order valence-electron chi connectivity index (χ0n) is 17.1. The second-order valence-corrected chi connectivity index (χ2v) is 7.26. The maximum Gasteiger partial charge on any atom is 0.144 e. The van der Waals surface area contributed by atoms with Gasteiger partial charge in [-0.15, -0.1) is 0 Å². The molecule has 0 aromatic carbocycles. The van der Waals surface area contributed by atoms with Crippen molar-refractivity contribution in [3.63, 3.8) is 0 Å². The lowest BCUT2D eigenvalue weighted by Crippen LogP contribution is -2.12. The monoisotopic (exact) mass is 390 g/mol. The molecular formula is C22H26N6O. The van der Waals surface area contributed by atoms with Crippen LogP contribution in [0.25, 0.3) is 11.3 Å². The van der Waals surface area contributed by atoms with Crippen LogP contribution in [-0.4, -0.2) is 39.6 Å². The van der Waals surface area contributed by atoms with E-state index in [0.717, 1.165) is 66.1 Å². The summed E-state index contributed by atoms with van der Waals surface area (Å²) in [6.45, 7) is 8.58. The van der Waals surface area contributed by atoms with E-state index >= 15 is 0 Å². The van der Waals surface area contributed by atoms with Crippen molar-refractivity contribution in [3.8, 4) is 17.0 Å². The topological polar surface area (TPSA) is 84.9 Å². The highest BCUT2D eigenvalue weighted by molar-refractivity contribution is 5.62. The van der Waals surface area contributed by atoms with E-state index in [9.17, 15) is 0 Å². The van der Waals surface area contributed by atoms with Crippen LogP contribution >= 0.6 is 0 Å². The average molecular weight is 390 g/mol. The third-order valence-corrected chi connectivity index (χ3v) is 4.99. The summed E-state index contributed by atoms with van der Waals surface area (Å²) in [7, 11) is 0. The quantitative estimate of drug-likeness (QED) is 0.634. The standard InChI is InChI=1S/C22H26N6O/c1-4-23-20-6-5-16(12-25-20)19-10-21(27-13-26-19)24-11-14(2)17-9-15(3)28-18-7-8-29-22(17)18/h5-6,9-10,12-14H,4,7-8,11H2,1-3H3,(H,23,25)(H,24,26,27). The predicted octanol–water partition coefficient (Wildman–Crippen LogP) is 3.82. The molecule has 1 unspecified atom stereocenters. The number of hydrogen-bond donors (Lipinski definition) is 2. The highest BCUT2D eigenvalue weighted by Crippen LogP contribution is 2.34. The van der Waals surface area contributed by atoms with Gasteiger partial charge in [-0.1, -0.05) is 6.92 Å². The van der Waals surface area contributed by atoms with Gasteiger partial charge in [-0.3, -0.25) is 4.98 Å². The number of nitrogens with one attached hydrogen (secondary N) is 2. The second-order valence-electron chi connectivity index (χ2n) is 7.26. The van der Waals surface area contributed by atoms with Gasteiger partial charge in [0.15, 0.2) is 0 Å². The third-order valence-electron chi connectivity index (χ3n) is 4.99. The Labute approximate surface area is 171 Å². The molecule has 3 aromatic rings. The van der Waals surface area contributed by atoms with E-state index in [1.807, 2.05) is 38.2 Å². The van der Waals surface area contributed by atoms with Crippen LogP contribution in [0.3, 0.4) is 0 Å². The van der Waals surface area contributed by atoms with Gasteiger partial charge in [0, 0.05) is 54.5 Å². The fourth-order valence-corrected chi connectivity index (χ4v) is 3.52. The fraction of sp³-hybridized carbons (Fsp3) is 0.364. The van der Waals surface area contributed by atoms with Gasteiger partial charge in [0.2, 0.25) is 0 Å². The number of aryl methyl sites for hydroxylation is 1. The van der Waals surface area contributed by atoms with Crippen molar-refractivity contribution in [1.29, 1.82) is 0 Å². The normalized spacial score (nSPS) is 13.5. The molecular weight excluding hydrogens is 364 g/mol. The molecule has 1 aliphatic rings. The Balaban J connectivity index is 1.46. The number of pyridine rings is 2. The Bertz CT molecular complexity index is 989. The van der Waals surface area contributed by atoms with Crippen molar-refractivity contribution in [1.82, 2.24) is 19.9 Å². The number of hydrogen-bond acceptors (Lipinski definition) is 7. The molecule has 0 spiro atoms. The van der Waals surface area contributed by atoms with Crippen molar-refractivity contribution in [3.05, 3.63) is 53.7 Å². The number of ether oxygens (including phenoxy) is 1. The maximum atomic E-state index is 5.83. The minimum absolute atomic E-state index is 0.267. The summed E-state index contributed by atoms with van der Waals surface area (Å²) in [6, 6.07) is 8.05. The van der Waals surface area contributed by atoms with Crippen LogP contribution in [0.5, 0.6) is 5.75 Å². The Morgan fingerprint density at radius 3 is 2.79 bits per heavy atom. The first kappa shape index (κ1) is 19.1. The fourth-order valence-electron chi connectivity index (χ4n) is 3.52. The number of nitrogens with zero attached hydrogens (tertiary/aromatic N) is 4. The van der Waals surface area contributed by atoms with Crippen LogP contribution in [0.1, 0.15) is 36.7 Å². The smallest absolute Gasteiger partial charge is 0.144 e. The molecule has 1 aliphatic heterocycles. The Morgan fingerprint density at radius 2 is 2.00 bits per heavy atom. The molecule has 3 aromatic heterocycles. The molecule has 1 atom stereocenters. The molecule has 0 radical (unpaired) electrons. The highest BCUT2D eigenvalue weighted by atomic mass is 16.5. The van der Waals surface area contributed by atoms with E-state index in [-0.39, 0.29) is 5.92 Å². The summed E-state index contributed by atoms with van der Waals surface area (Å²) < 4.78 is 5.83. The van der Waals surface area contributed by atoms with Crippen LogP contribution < -0.4 is 15.4 Å². The minimum Gasteiger partial charge on any atom is -0.491 e. The summed E-state index contributed by atoms with van der Waals surface area (Å²) in [5.41, 5.74) is 5.12. The summed E-state index contributed by atoms with van der Waals surface area (Å²) in [5.74, 6) is 2.88. The van der Waals surface area contributed by atoms with Gasteiger partial charge in [-0.2, -0.15) is 0 Å². The van der Waals surface area contributed by atoms with Crippen molar-refractivity contribution < 1.29 is 4.74 Å². The van der Waals surface area contributed by atoms with E-state index in [2.05, 4.69) is 43.6 Å². The number of anilines is 2. The zero-order chi connectivity index (χ0) is 20.2. The molecule has 0 saturated carbocycles. The second kappa shape index (κ2) is 8.43.